The lowest BCUT2D eigenvalue weighted by atomic mass is 10.1. The van der Waals surface area contributed by atoms with E-state index in [-0.39, 0.29) is 12.6 Å². The SMILES string of the molecule is N[C@@H](Cc1cccc(CCO)n1)c1ncccc1-n1ncc2ccccc21. The van der Waals surface area contributed by atoms with Gasteiger partial charge in [-0.1, -0.05) is 24.3 Å². The fraction of sp³-hybridized carbons (Fsp3) is 0.190. The molecular formula is C21H21N5O. The van der Waals surface area contributed by atoms with Crippen molar-refractivity contribution in [1.29, 1.82) is 0 Å². The molecule has 0 aliphatic heterocycles. The molecule has 3 heterocycles. The maximum Gasteiger partial charge on any atom is 0.0884 e. The van der Waals surface area contributed by atoms with Gasteiger partial charge in [0.1, 0.15) is 0 Å². The fourth-order valence-electron chi connectivity index (χ4n) is 3.26. The molecule has 6 nitrogen and oxygen atoms in total. The molecule has 1 aromatic carbocycles. The van der Waals surface area contributed by atoms with Gasteiger partial charge in [-0.15, -0.1) is 0 Å². The van der Waals surface area contributed by atoms with Crippen LogP contribution in [0.2, 0.25) is 0 Å². The minimum atomic E-state index is -0.318. The van der Waals surface area contributed by atoms with Gasteiger partial charge in [-0.05, 0) is 30.3 Å². The standard InChI is InChI=1S/C21H21N5O/c22-18(13-17-7-3-6-16(25-17)10-12-27)21-20(9-4-11-23-21)26-19-8-2-1-5-15(19)14-24-26/h1-9,11,14,18,27H,10,12-13,22H2/t18-/m0/s1. The van der Waals surface area contributed by atoms with Crippen LogP contribution in [-0.4, -0.2) is 31.5 Å². The lowest BCUT2D eigenvalue weighted by molar-refractivity contribution is 0.298. The highest BCUT2D eigenvalue weighted by atomic mass is 16.3. The number of hydrogen-bond acceptors (Lipinski definition) is 5. The van der Waals surface area contributed by atoms with Crippen molar-refractivity contribution < 1.29 is 5.11 Å². The Kier molecular flexibility index (Phi) is 4.91. The van der Waals surface area contributed by atoms with E-state index in [1.165, 1.54) is 0 Å². The van der Waals surface area contributed by atoms with E-state index < -0.39 is 0 Å². The molecule has 3 N–H and O–H groups in total. The molecule has 0 bridgehead atoms. The van der Waals surface area contributed by atoms with Crippen LogP contribution in [0, 0.1) is 0 Å². The molecule has 0 aliphatic carbocycles. The molecule has 27 heavy (non-hydrogen) atoms. The van der Waals surface area contributed by atoms with Crippen molar-refractivity contribution in [3.05, 3.63) is 84.1 Å². The van der Waals surface area contributed by atoms with Gasteiger partial charge < -0.3 is 10.8 Å². The Balaban J connectivity index is 1.67. The number of nitrogens with two attached hydrogens (primary N) is 1. The smallest absolute Gasteiger partial charge is 0.0884 e. The molecule has 0 spiro atoms. The largest absolute Gasteiger partial charge is 0.396 e. The van der Waals surface area contributed by atoms with Crippen molar-refractivity contribution in [2.24, 2.45) is 5.73 Å². The summed E-state index contributed by atoms with van der Waals surface area (Å²) in [5, 5.41) is 14.7. The zero-order valence-corrected chi connectivity index (χ0v) is 14.9. The lowest BCUT2D eigenvalue weighted by Gasteiger charge is -2.16. The normalized spacial score (nSPS) is 12.4. The van der Waals surface area contributed by atoms with Gasteiger partial charge in [0.2, 0.25) is 0 Å². The van der Waals surface area contributed by atoms with Gasteiger partial charge >= 0.3 is 0 Å². The van der Waals surface area contributed by atoms with Crippen LogP contribution >= 0.6 is 0 Å². The summed E-state index contributed by atoms with van der Waals surface area (Å²) >= 11 is 0. The summed E-state index contributed by atoms with van der Waals surface area (Å²) in [6.45, 7) is 0.0826. The molecule has 0 aliphatic rings. The highest BCUT2D eigenvalue weighted by Crippen LogP contribution is 2.24. The second kappa shape index (κ2) is 7.65. The molecule has 0 unspecified atom stereocenters. The van der Waals surface area contributed by atoms with Gasteiger partial charge in [-0.3, -0.25) is 9.97 Å². The number of hydrogen-bond donors (Lipinski definition) is 2. The van der Waals surface area contributed by atoms with E-state index in [1.807, 2.05) is 65.5 Å². The first kappa shape index (κ1) is 17.3. The Labute approximate surface area is 157 Å². The van der Waals surface area contributed by atoms with E-state index in [0.29, 0.717) is 12.8 Å². The van der Waals surface area contributed by atoms with Crippen LogP contribution < -0.4 is 5.73 Å². The van der Waals surface area contributed by atoms with Gasteiger partial charge in [0.25, 0.3) is 0 Å². The van der Waals surface area contributed by atoms with Gasteiger partial charge in [-0.2, -0.15) is 5.10 Å². The Morgan fingerprint density at radius 3 is 2.74 bits per heavy atom. The van der Waals surface area contributed by atoms with Crippen molar-refractivity contribution in [2.45, 2.75) is 18.9 Å². The number of nitrogens with zero attached hydrogens (tertiary/aromatic N) is 4. The van der Waals surface area contributed by atoms with Crippen molar-refractivity contribution in [3.63, 3.8) is 0 Å². The first-order valence-electron chi connectivity index (χ1n) is 8.95. The van der Waals surface area contributed by atoms with E-state index in [4.69, 9.17) is 10.8 Å². The monoisotopic (exact) mass is 359 g/mol. The van der Waals surface area contributed by atoms with E-state index in [2.05, 4.69) is 15.1 Å². The molecular weight excluding hydrogens is 338 g/mol. The second-order valence-corrected chi connectivity index (χ2v) is 6.43. The summed E-state index contributed by atoms with van der Waals surface area (Å²) < 4.78 is 1.88. The predicted octanol–water partition coefficient (Wildman–Crippen LogP) is 2.59. The van der Waals surface area contributed by atoms with Crippen LogP contribution in [0.5, 0.6) is 0 Å². The summed E-state index contributed by atoms with van der Waals surface area (Å²) in [4.78, 5) is 9.12. The number of rotatable bonds is 6. The zero-order chi connectivity index (χ0) is 18.6. The molecule has 4 rings (SSSR count). The highest BCUT2D eigenvalue weighted by Gasteiger charge is 2.17. The van der Waals surface area contributed by atoms with Gasteiger partial charge in [-0.25, -0.2) is 4.68 Å². The molecule has 136 valence electrons. The minimum Gasteiger partial charge on any atom is -0.396 e. The van der Waals surface area contributed by atoms with E-state index in [1.54, 1.807) is 6.20 Å². The van der Waals surface area contributed by atoms with Gasteiger partial charge in [0, 0.05) is 42.4 Å². The van der Waals surface area contributed by atoms with Crippen LogP contribution in [0.3, 0.4) is 0 Å². The topological polar surface area (TPSA) is 89.9 Å². The third-order valence-corrected chi connectivity index (χ3v) is 4.53. The number of para-hydroxylation sites is 1. The fourth-order valence-corrected chi connectivity index (χ4v) is 3.26. The maximum absolute atomic E-state index is 9.11. The molecule has 4 aromatic rings. The third kappa shape index (κ3) is 3.58. The molecule has 0 saturated heterocycles. The Morgan fingerprint density at radius 1 is 1.00 bits per heavy atom. The summed E-state index contributed by atoms with van der Waals surface area (Å²) in [6.07, 6.45) is 4.69. The van der Waals surface area contributed by atoms with Crippen molar-refractivity contribution in [1.82, 2.24) is 19.7 Å². The Bertz CT molecular complexity index is 1060. The van der Waals surface area contributed by atoms with Crippen molar-refractivity contribution >= 4 is 10.9 Å². The number of benzene rings is 1. The first-order chi connectivity index (χ1) is 13.3. The highest BCUT2D eigenvalue weighted by molar-refractivity contribution is 5.80. The predicted molar refractivity (Wildman–Crippen MR) is 105 cm³/mol. The summed E-state index contributed by atoms with van der Waals surface area (Å²) in [6, 6.07) is 17.4. The first-order valence-corrected chi connectivity index (χ1v) is 8.95. The quantitative estimate of drug-likeness (QED) is 0.552. The molecule has 0 amide bonds. The molecule has 6 heteroatoms. The van der Waals surface area contributed by atoms with Crippen LogP contribution in [0.4, 0.5) is 0 Å². The van der Waals surface area contributed by atoms with E-state index in [9.17, 15) is 0 Å². The zero-order valence-electron chi connectivity index (χ0n) is 14.9. The van der Waals surface area contributed by atoms with Crippen LogP contribution in [0.25, 0.3) is 16.6 Å². The van der Waals surface area contributed by atoms with E-state index >= 15 is 0 Å². The summed E-state index contributed by atoms with van der Waals surface area (Å²) in [5.41, 5.74) is 10.9. The number of aliphatic hydroxyl groups excluding tert-OH is 1. The molecule has 3 aromatic heterocycles. The minimum absolute atomic E-state index is 0.0826. The Morgan fingerprint density at radius 2 is 1.85 bits per heavy atom. The summed E-state index contributed by atoms with van der Waals surface area (Å²) in [5.74, 6) is 0. The number of aliphatic hydroxyl groups is 1. The van der Waals surface area contributed by atoms with Crippen LogP contribution in [0.15, 0.2) is 67.0 Å². The van der Waals surface area contributed by atoms with Crippen molar-refractivity contribution in [3.8, 4) is 5.69 Å². The average Bonchev–Trinajstić information content (AvgIpc) is 3.12. The van der Waals surface area contributed by atoms with E-state index in [0.717, 1.165) is 33.7 Å². The Hall–Kier alpha value is -3.09. The molecule has 0 fully saturated rings. The van der Waals surface area contributed by atoms with Crippen LogP contribution in [-0.2, 0) is 12.8 Å². The number of pyridine rings is 2. The van der Waals surface area contributed by atoms with Gasteiger partial charge in [0.05, 0.1) is 29.1 Å². The molecule has 0 saturated carbocycles. The maximum atomic E-state index is 9.11. The second-order valence-electron chi connectivity index (χ2n) is 6.43. The third-order valence-electron chi connectivity index (χ3n) is 4.53. The van der Waals surface area contributed by atoms with Crippen molar-refractivity contribution in [2.75, 3.05) is 6.61 Å². The van der Waals surface area contributed by atoms with Gasteiger partial charge in [0.15, 0.2) is 0 Å². The molecule has 1 atom stereocenters. The number of fused-ring (bicyclic) bond motifs is 1. The molecule has 0 radical (unpaired) electrons. The lowest BCUT2D eigenvalue weighted by Crippen LogP contribution is -2.19. The average molecular weight is 359 g/mol. The number of aromatic nitrogens is 4. The van der Waals surface area contributed by atoms with Crippen LogP contribution in [0.1, 0.15) is 23.1 Å². The summed E-state index contributed by atoms with van der Waals surface area (Å²) in [7, 11) is 0.